The monoisotopic (exact) mass is 358 g/mol. The number of piperazine rings is 1. The largest absolute Gasteiger partial charge is 0.297 e. The molecule has 6 heteroatoms. The van der Waals surface area contributed by atoms with Gasteiger partial charge in [0.15, 0.2) is 0 Å². The van der Waals surface area contributed by atoms with E-state index in [1.807, 2.05) is 24.3 Å². The van der Waals surface area contributed by atoms with E-state index in [-0.39, 0.29) is 5.71 Å². The lowest BCUT2D eigenvalue weighted by atomic mass is 10.1. The zero-order valence-corrected chi connectivity index (χ0v) is 15.2. The first-order valence-corrected chi connectivity index (χ1v) is 8.98. The summed E-state index contributed by atoms with van der Waals surface area (Å²) in [6.07, 6.45) is 0. The summed E-state index contributed by atoms with van der Waals surface area (Å²) >= 11 is 0. The predicted octanol–water partition coefficient (Wildman–Crippen LogP) is 2.82. The highest BCUT2D eigenvalue weighted by atomic mass is 15.3. The molecule has 1 heterocycles. The van der Waals surface area contributed by atoms with Crippen LogP contribution in [0, 0.1) is 22.7 Å². The van der Waals surface area contributed by atoms with E-state index in [4.69, 9.17) is 10.5 Å². The topological polar surface area (TPSA) is 78.4 Å². The van der Waals surface area contributed by atoms with Gasteiger partial charge in [-0.25, -0.2) is 0 Å². The Morgan fingerprint density at radius 2 is 1.33 bits per heavy atom. The van der Waals surface area contributed by atoms with Gasteiger partial charge in [-0.1, -0.05) is 42.5 Å². The second-order valence-corrected chi connectivity index (χ2v) is 6.53. The van der Waals surface area contributed by atoms with E-state index in [0.717, 1.165) is 45.0 Å². The SMILES string of the molecule is N#CC(C#N)=NNc1ccc(CN2CCN(Cc3ccccc3)CC2)cc1. The molecule has 1 aliphatic heterocycles. The normalized spacial score (nSPS) is 14.7. The van der Waals surface area contributed by atoms with Gasteiger partial charge in [0.2, 0.25) is 5.71 Å². The summed E-state index contributed by atoms with van der Waals surface area (Å²) in [4.78, 5) is 4.96. The fraction of sp³-hybridized carbons (Fsp3) is 0.286. The van der Waals surface area contributed by atoms with Gasteiger partial charge in [0.1, 0.15) is 12.1 Å². The van der Waals surface area contributed by atoms with Crippen LogP contribution in [-0.4, -0.2) is 41.7 Å². The Balaban J connectivity index is 1.46. The molecule has 136 valence electrons. The number of hydrogen-bond acceptors (Lipinski definition) is 6. The molecule has 1 N–H and O–H groups in total. The Kier molecular flexibility index (Phi) is 6.54. The zero-order chi connectivity index (χ0) is 18.9. The van der Waals surface area contributed by atoms with Crippen molar-refractivity contribution in [1.82, 2.24) is 9.80 Å². The Morgan fingerprint density at radius 3 is 1.85 bits per heavy atom. The highest BCUT2D eigenvalue weighted by Crippen LogP contribution is 2.14. The zero-order valence-electron chi connectivity index (χ0n) is 15.2. The third-order valence-electron chi connectivity index (χ3n) is 4.58. The van der Waals surface area contributed by atoms with Crippen molar-refractivity contribution in [2.75, 3.05) is 31.6 Å². The molecular formula is C21H22N6. The second-order valence-electron chi connectivity index (χ2n) is 6.53. The number of nitrogens with zero attached hydrogens (tertiary/aromatic N) is 5. The van der Waals surface area contributed by atoms with Crippen LogP contribution < -0.4 is 5.43 Å². The Labute approximate surface area is 159 Å². The molecule has 1 aliphatic rings. The lowest BCUT2D eigenvalue weighted by Gasteiger charge is -2.34. The number of nitrogens with one attached hydrogen (secondary N) is 1. The third-order valence-corrected chi connectivity index (χ3v) is 4.58. The van der Waals surface area contributed by atoms with Gasteiger partial charge in [0, 0.05) is 39.3 Å². The van der Waals surface area contributed by atoms with Crippen LogP contribution in [0.1, 0.15) is 11.1 Å². The maximum absolute atomic E-state index is 8.68. The van der Waals surface area contributed by atoms with Crippen LogP contribution in [0.4, 0.5) is 5.69 Å². The number of benzene rings is 2. The number of nitriles is 2. The van der Waals surface area contributed by atoms with Crippen LogP contribution in [0.2, 0.25) is 0 Å². The predicted molar refractivity (Wildman–Crippen MR) is 106 cm³/mol. The Hall–Kier alpha value is -3.19. The quantitative estimate of drug-likeness (QED) is 0.634. The van der Waals surface area contributed by atoms with Crippen LogP contribution in [0.25, 0.3) is 0 Å². The average molecular weight is 358 g/mol. The molecular weight excluding hydrogens is 336 g/mol. The summed E-state index contributed by atoms with van der Waals surface area (Å²) in [6.45, 7) is 6.21. The fourth-order valence-electron chi connectivity index (χ4n) is 3.09. The minimum absolute atomic E-state index is 0.188. The molecule has 0 unspecified atom stereocenters. The standard InChI is InChI=1S/C21H22N6/c22-14-21(15-23)25-24-20-8-6-19(7-9-20)17-27-12-10-26(11-13-27)16-18-4-2-1-3-5-18/h1-9,24H,10-13,16-17H2. The van der Waals surface area contributed by atoms with Crippen molar-refractivity contribution in [2.45, 2.75) is 13.1 Å². The summed E-state index contributed by atoms with van der Waals surface area (Å²) in [5.41, 5.74) is 5.91. The van der Waals surface area contributed by atoms with Crippen LogP contribution in [0.5, 0.6) is 0 Å². The van der Waals surface area contributed by atoms with Crippen LogP contribution in [0.15, 0.2) is 59.7 Å². The molecule has 0 aromatic heterocycles. The van der Waals surface area contributed by atoms with E-state index < -0.39 is 0 Å². The molecule has 1 fully saturated rings. The molecule has 0 aliphatic carbocycles. The Bertz CT molecular complexity index is 821. The number of hydrogen-bond donors (Lipinski definition) is 1. The lowest BCUT2D eigenvalue weighted by Crippen LogP contribution is -2.45. The maximum atomic E-state index is 8.68. The molecule has 27 heavy (non-hydrogen) atoms. The van der Waals surface area contributed by atoms with E-state index in [1.54, 1.807) is 12.1 Å². The third kappa shape index (κ3) is 5.65. The molecule has 0 atom stereocenters. The molecule has 0 bridgehead atoms. The van der Waals surface area contributed by atoms with E-state index in [0.29, 0.717) is 0 Å². The van der Waals surface area contributed by atoms with Gasteiger partial charge in [0.25, 0.3) is 0 Å². The molecule has 0 saturated carbocycles. The van der Waals surface area contributed by atoms with E-state index in [1.165, 1.54) is 11.1 Å². The second kappa shape index (κ2) is 9.49. The highest BCUT2D eigenvalue weighted by molar-refractivity contribution is 6.10. The van der Waals surface area contributed by atoms with Crippen molar-refractivity contribution < 1.29 is 0 Å². The summed E-state index contributed by atoms with van der Waals surface area (Å²) in [5.74, 6) is 0. The molecule has 3 rings (SSSR count). The first-order chi connectivity index (χ1) is 13.3. The van der Waals surface area contributed by atoms with Gasteiger partial charge in [-0.15, -0.1) is 0 Å². The van der Waals surface area contributed by atoms with Crippen LogP contribution in [-0.2, 0) is 13.1 Å². The van der Waals surface area contributed by atoms with Gasteiger partial charge < -0.3 is 0 Å². The Morgan fingerprint density at radius 1 is 0.815 bits per heavy atom. The minimum Gasteiger partial charge on any atom is -0.297 e. The van der Waals surface area contributed by atoms with Gasteiger partial charge in [-0.3, -0.25) is 15.2 Å². The minimum atomic E-state index is -0.188. The first kappa shape index (κ1) is 18.6. The molecule has 6 nitrogen and oxygen atoms in total. The average Bonchev–Trinajstić information content (AvgIpc) is 2.72. The molecule has 2 aromatic carbocycles. The van der Waals surface area contributed by atoms with E-state index >= 15 is 0 Å². The summed E-state index contributed by atoms with van der Waals surface area (Å²) in [7, 11) is 0. The number of rotatable bonds is 6. The van der Waals surface area contributed by atoms with Crippen LogP contribution >= 0.6 is 0 Å². The van der Waals surface area contributed by atoms with Crippen molar-refractivity contribution in [3.05, 3.63) is 65.7 Å². The summed E-state index contributed by atoms with van der Waals surface area (Å²) < 4.78 is 0. The fourth-order valence-corrected chi connectivity index (χ4v) is 3.09. The van der Waals surface area contributed by atoms with Crippen molar-refractivity contribution in [3.63, 3.8) is 0 Å². The molecule has 0 spiro atoms. The van der Waals surface area contributed by atoms with Gasteiger partial charge in [-0.05, 0) is 23.3 Å². The molecule has 0 radical (unpaired) electrons. The van der Waals surface area contributed by atoms with Crippen LogP contribution in [0.3, 0.4) is 0 Å². The summed E-state index contributed by atoms with van der Waals surface area (Å²) in [6, 6.07) is 22.0. The molecule has 2 aromatic rings. The van der Waals surface area contributed by atoms with Crippen molar-refractivity contribution in [3.8, 4) is 12.1 Å². The highest BCUT2D eigenvalue weighted by Gasteiger charge is 2.16. The van der Waals surface area contributed by atoms with Crippen molar-refractivity contribution in [1.29, 1.82) is 10.5 Å². The smallest absolute Gasteiger partial charge is 0.237 e. The van der Waals surface area contributed by atoms with Crippen molar-refractivity contribution in [2.24, 2.45) is 5.10 Å². The molecule has 0 amide bonds. The first-order valence-electron chi connectivity index (χ1n) is 8.98. The summed E-state index contributed by atoms with van der Waals surface area (Å²) in [5, 5.41) is 21.1. The number of anilines is 1. The molecule has 1 saturated heterocycles. The van der Waals surface area contributed by atoms with Gasteiger partial charge in [-0.2, -0.15) is 15.6 Å². The van der Waals surface area contributed by atoms with E-state index in [9.17, 15) is 0 Å². The van der Waals surface area contributed by atoms with Crippen molar-refractivity contribution >= 4 is 11.4 Å². The van der Waals surface area contributed by atoms with Gasteiger partial charge in [0.05, 0.1) is 5.69 Å². The van der Waals surface area contributed by atoms with E-state index in [2.05, 4.69) is 50.7 Å². The lowest BCUT2D eigenvalue weighted by molar-refractivity contribution is 0.122. The maximum Gasteiger partial charge on any atom is 0.237 e. The van der Waals surface area contributed by atoms with Gasteiger partial charge >= 0.3 is 0 Å². The number of hydrazone groups is 1.